The van der Waals surface area contributed by atoms with Crippen LogP contribution in [-0.2, 0) is 6.61 Å². The van der Waals surface area contributed by atoms with Gasteiger partial charge in [0.05, 0.1) is 27.2 Å². The molecule has 1 aliphatic heterocycles. The molecular weight excluding hydrogens is 464 g/mol. The largest absolute Gasteiger partial charge is 0.491 e. The summed E-state index contributed by atoms with van der Waals surface area (Å²) in [5.41, 5.74) is 2.25. The number of piperazine rings is 1. The Morgan fingerprint density at radius 3 is 2.74 bits per heavy atom. The van der Waals surface area contributed by atoms with E-state index < -0.39 is 0 Å². The predicted molar refractivity (Wildman–Crippen MR) is 138 cm³/mol. The fraction of sp³-hybridized carbons (Fsp3) is 0.269. The summed E-state index contributed by atoms with van der Waals surface area (Å²) >= 11 is 6.51. The fourth-order valence-electron chi connectivity index (χ4n) is 3.98. The highest BCUT2D eigenvalue weighted by Gasteiger charge is 2.27. The first kappa shape index (κ1) is 23.3. The predicted octanol–water partition coefficient (Wildman–Crippen LogP) is 4.33. The Labute approximate surface area is 209 Å². The second kappa shape index (κ2) is 10.4. The van der Waals surface area contributed by atoms with Crippen molar-refractivity contribution in [2.24, 2.45) is 0 Å². The molecule has 0 bridgehead atoms. The molecule has 1 saturated heterocycles. The van der Waals surface area contributed by atoms with Crippen molar-refractivity contribution in [1.29, 1.82) is 0 Å². The van der Waals surface area contributed by atoms with Crippen molar-refractivity contribution >= 4 is 34.0 Å². The number of fused-ring (bicyclic) bond motifs is 1. The van der Waals surface area contributed by atoms with Gasteiger partial charge in [0.25, 0.3) is 0 Å². The summed E-state index contributed by atoms with van der Waals surface area (Å²) in [4.78, 5) is 13.2. The number of nitrogens with one attached hydrogen (secondary N) is 3. The third-order valence-electron chi connectivity index (χ3n) is 5.84. The van der Waals surface area contributed by atoms with Crippen LogP contribution in [0.1, 0.15) is 12.6 Å². The van der Waals surface area contributed by atoms with Crippen molar-refractivity contribution in [2.45, 2.75) is 19.1 Å². The lowest BCUT2D eigenvalue weighted by molar-refractivity contribution is 0.176. The average molecular weight is 491 g/mol. The van der Waals surface area contributed by atoms with Gasteiger partial charge in [-0.05, 0) is 49.4 Å². The van der Waals surface area contributed by atoms with Crippen LogP contribution in [0.15, 0.2) is 67.1 Å². The van der Waals surface area contributed by atoms with E-state index >= 15 is 0 Å². The Morgan fingerprint density at radius 2 is 1.94 bits per heavy atom. The molecule has 0 aliphatic carbocycles. The average Bonchev–Trinajstić information content (AvgIpc) is 2.88. The van der Waals surface area contributed by atoms with Gasteiger partial charge in [0.1, 0.15) is 36.9 Å². The van der Waals surface area contributed by atoms with Crippen molar-refractivity contribution in [1.82, 2.24) is 25.6 Å². The number of hydrogen-bond acceptors (Lipinski definition) is 8. The van der Waals surface area contributed by atoms with Gasteiger partial charge in [0.2, 0.25) is 0 Å². The monoisotopic (exact) mass is 490 g/mol. The van der Waals surface area contributed by atoms with E-state index in [1.807, 2.05) is 54.6 Å². The summed E-state index contributed by atoms with van der Waals surface area (Å²) in [5, 5.41) is 11.6. The number of benzene rings is 2. The quantitative estimate of drug-likeness (QED) is 0.336. The number of anilines is 2. The van der Waals surface area contributed by atoms with Crippen LogP contribution in [0.4, 0.5) is 11.5 Å². The van der Waals surface area contributed by atoms with Crippen molar-refractivity contribution < 1.29 is 9.47 Å². The SMILES string of the molecule is C[C@]1(COc2cccc3ncnc(Nc4ccc(OCc5ccccn5)c(Cl)c4)c23)CNCCN1. The van der Waals surface area contributed by atoms with Crippen LogP contribution >= 0.6 is 11.6 Å². The van der Waals surface area contributed by atoms with Crippen LogP contribution < -0.4 is 25.4 Å². The van der Waals surface area contributed by atoms with Gasteiger partial charge < -0.3 is 25.4 Å². The number of aromatic nitrogens is 3. The molecule has 8 nitrogen and oxygen atoms in total. The van der Waals surface area contributed by atoms with E-state index in [-0.39, 0.29) is 5.54 Å². The molecule has 0 saturated carbocycles. The topological polar surface area (TPSA) is 93.2 Å². The first-order chi connectivity index (χ1) is 17.1. The van der Waals surface area contributed by atoms with Gasteiger partial charge in [-0.3, -0.25) is 4.98 Å². The number of rotatable bonds is 8. The third kappa shape index (κ3) is 5.62. The summed E-state index contributed by atoms with van der Waals surface area (Å²) in [6.07, 6.45) is 3.27. The lowest BCUT2D eigenvalue weighted by atomic mass is 10.0. The van der Waals surface area contributed by atoms with E-state index in [0.29, 0.717) is 29.8 Å². The summed E-state index contributed by atoms with van der Waals surface area (Å²) < 4.78 is 12.1. The van der Waals surface area contributed by atoms with Crippen molar-refractivity contribution in [2.75, 3.05) is 31.6 Å². The maximum Gasteiger partial charge on any atom is 0.145 e. The lowest BCUT2D eigenvalue weighted by Crippen LogP contribution is -2.60. The standard InChI is InChI=1S/C26H27ClN6O2/c1-26(15-28-11-12-32-26)16-35-23-7-4-6-21-24(23)25(31-17-30-21)33-18-8-9-22(20(27)13-18)34-14-19-5-2-3-10-29-19/h2-10,13,17,28,32H,11-12,14-16H2,1H3,(H,30,31,33)/t26-/m1/s1. The second-order valence-electron chi connectivity index (χ2n) is 8.71. The van der Waals surface area contributed by atoms with Crippen LogP contribution in [0.2, 0.25) is 5.02 Å². The highest BCUT2D eigenvalue weighted by molar-refractivity contribution is 6.32. The number of halogens is 1. The third-order valence-corrected chi connectivity index (χ3v) is 6.13. The smallest absolute Gasteiger partial charge is 0.145 e. The molecular formula is C26H27ClN6O2. The fourth-order valence-corrected chi connectivity index (χ4v) is 4.21. The minimum absolute atomic E-state index is 0.151. The van der Waals surface area contributed by atoms with Gasteiger partial charge in [-0.25, -0.2) is 9.97 Å². The van der Waals surface area contributed by atoms with E-state index in [1.54, 1.807) is 6.20 Å². The molecule has 180 valence electrons. The molecule has 2 aromatic heterocycles. The Kier molecular flexibility index (Phi) is 6.94. The molecule has 0 radical (unpaired) electrons. The molecule has 1 atom stereocenters. The van der Waals surface area contributed by atoms with E-state index in [0.717, 1.165) is 47.7 Å². The van der Waals surface area contributed by atoms with E-state index in [1.165, 1.54) is 6.33 Å². The molecule has 0 spiro atoms. The minimum atomic E-state index is -0.151. The molecule has 2 aromatic carbocycles. The zero-order valence-corrected chi connectivity index (χ0v) is 20.2. The lowest BCUT2D eigenvalue weighted by Gasteiger charge is -2.35. The first-order valence-corrected chi connectivity index (χ1v) is 11.9. The van der Waals surface area contributed by atoms with E-state index in [4.69, 9.17) is 21.1 Å². The molecule has 0 amide bonds. The van der Waals surface area contributed by atoms with Crippen LogP contribution in [0.5, 0.6) is 11.5 Å². The molecule has 9 heteroatoms. The Morgan fingerprint density at radius 1 is 1.00 bits per heavy atom. The maximum atomic E-state index is 6.51. The molecule has 1 aliphatic rings. The first-order valence-electron chi connectivity index (χ1n) is 11.5. The number of pyridine rings is 1. The summed E-state index contributed by atoms with van der Waals surface area (Å²) in [5.74, 6) is 1.95. The zero-order valence-electron chi connectivity index (χ0n) is 19.4. The minimum Gasteiger partial charge on any atom is -0.491 e. The summed E-state index contributed by atoms with van der Waals surface area (Å²) in [6, 6.07) is 17.1. The molecule has 3 heterocycles. The van der Waals surface area contributed by atoms with Crippen molar-refractivity contribution in [3.05, 3.63) is 77.8 Å². The Hall–Kier alpha value is -3.46. The summed E-state index contributed by atoms with van der Waals surface area (Å²) in [6.45, 7) is 5.72. The van der Waals surface area contributed by atoms with Gasteiger partial charge in [-0.1, -0.05) is 23.7 Å². The van der Waals surface area contributed by atoms with Gasteiger partial charge in [0.15, 0.2) is 0 Å². The molecule has 1 fully saturated rings. The van der Waals surface area contributed by atoms with Crippen molar-refractivity contribution in [3.8, 4) is 11.5 Å². The van der Waals surface area contributed by atoms with Crippen LogP contribution in [0.25, 0.3) is 10.9 Å². The Bertz CT molecular complexity index is 1290. The second-order valence-corrected chi connectivity index (χ2v) is 9.11. The zero-order chi connectivity index (χ0) is 24.1. The van der Waals surface area contributed by atoms with Gasteiger partial charge in [-0.2, -0.15) is 0 Å². The number of nitrogens with zero attached hydrogens (tertiary/aromatic N) is 3. The Balaban J connectivity index is 1.34. The molecule has 0 unspecified atom stereocenters. The van der Waals surface area contributed by atoms with Gasteiger partial charge in [-0.15, -0.1) is 0 Å². The molecule has 3 N–H and O–H groups in total. The van der Waals surface area contributed by atoms with Crippen LogP contribution in [-0.4, -0.2) is 46.7 Å². The number of hydrogen-bond donors (Lipinski definition) is 3. The van der Waals surface area contributed by atoms with E-state index in [9.17, 15) is 0 Å². The normalized spacial score (nSPS) is 17.8. The molecule has 35 heavy (non-hydrogen) atoms. The van der Waals surface area contributed by atoms with Crippen LogP contribution in [0, 0.1) is 0 Å². The molecule has 5 rings (SSSR count). The van der Waals surface area contributed by atoms with Crippen molar-refractivity contribution in [3.63, 3.8) is 0 Å². The van der Waals surface area contributed by atoms with Gasteiger partial charge in [0, 0.05) is 31.5 Å². The summed E-state index contributed by atoms with van der Waals surface area (Å²) in [7, 11) is 0. The molecule has 4 aromatic rings. The highest BCUT2D eigenvalue weighted by atomic mass is 35.5. The van der Waals surface area contributed by atoms with Crippen LogP contribution in [0.3, 0.4) is 0 Å². The highest BCUT2D eigenvalue weighted by Crippen LogP contribution is 2.34. The number of ether oxygens (including phenoxy) is 2. The maximum absolute atomic E-state index is 6.51. The van der Waals surface area contributed by atoms with E-state index in [2.05, 4.69) is 37.8 Å². The van der Waals surface area contributed by atoms with Gasteiger partial charge >= 0.3 is 0 Å².